The Hall–Kier alpha value is -0.820. The van der Waals surface area contributed by atoms with Crippen LogP contribution in [0.1, 0.15) is 59.8 Å². The highest BCUT2D eigenvalue weighted by atomic mass is 32.2. The van der Waals surface area contributed by atoms with Crippen LogP contribution < -0.4 is 0 Å². The second kappa shape index (κ2) is 8.33. The average Bonchev–Trinajstić information content (AvgIpc) is 2.40. The molecule has 0 radical (unpaired) electrons. The van der Waals surface area contributed by atoms with Gasteiger partial charge in [0.15, 0.2) is 0 Å². The maximum absolute atomic E-state index is 12.4. The first-order valence-electron chi connectivity index (χ1n) is 8.36. The summed E-state index contributed by atoms with van der Waals surface area (Å²) in [5.74, 6) is 0.158. The van der Waals surface area contributed by atoms with Gasteiger partial charge in [-0.05, 0) is 46.0 Å². The van der Waals surface area contributed by atoms with E-state index in [2.05, 4.69) is 6.92 Å². The number of amides is 1. The summed E-state index contributed by atoms with van der Waals surface area (Å²) in [4.78, 5) is 14.2. The summed E-state index contributed by atoms with van der Waals surface area (Å²) in [6, 6.07) is 0.0895. The molecule has 0 N–H and O–H groups in total. The normalized spacial score (nSPS) is 22.9. The summed E-state index contributed by atoms with van der Waals surface area (Å²) >= 11 is 0. The van der Waals surface area contributed by atoms with Crippen molar-refractivity contribution in [2.24, 2.45) is 5.92 Å². The number of rotatable bonds is 6. The van der Waals surface area contributed by atoms with E-state index in [1.807, 2.05) is 20.8 Å². The monoisotopic (exact) mass is 349 g/mol. The third-order valence-corrected chi connectivity index (χ3v) is 4.43. The van der Waals surface area contributed by atoms with E-state index in [9.17, 15) is 13.2 Å². The van der Waals surface area contributed by atoms with Crippen LogP contribution in [0.5, 0.6) is 0 Å². The highest BCUT2D eigenvalue weighted by Gasteiger charge is 2.34. The molecule has 1 saturated heterocycles. The van der Waals surface area contributed by atoms with Crippen LogP contribution in [0, 0.1) is 5.92 Å². The van der Waals surface area contributed by atoms with Gasteiger partial charge in [-0.1, -0.05) is 19.8 Å². The number of unbranched alkanes of at least 4 members (excludes halogenated alkanes) is 1. The van der Waals surface area contributed by atoms with Crippen molar-refractivity contribution in [2.45, 2.75) is 71.4 Å². The SMILES string of the molecule is CCCCC1CC(COS(C)(=O)=O)CCN1C(=O)OC(C)(C)C. The molecule has 0 aromatic heterocycles. The zero-order chi connectivity index (χ0) is 17.7. The molecule has 1 aliphatic heterocycles. The lowest BCUT2D eigenvalue weighted by Gasteiger charge is -2.40. The topological polar surface area (TPSA) is 72.9 Å². The van der Waals surface area contributed by atoms with Gasteiger partial charge in [-0.2, -0.15) is 8.42 Å². The van der Waals surface area contributed by atoms with Crippen LogP contribution in [0.3, 0.4) is 0 Å². The fourth-order valence-electron chi connectivity index (χ4n) is 2.78. The number of hydrogen-bond donors (Lipinski definition) is 0. The van der Waals surface area contributed by atoms with Gasteiger partial charge in [-0.25, -0.2) is 4.79 Å². The van der Waals surface area contributed by atoms with Crippen molar-refractivity contribution in [3.05, 3.63) is 0 Å². The van der Waals surface area contributed by atoms with Gasteiger partial charge < -0.3 is 9.64 Å². The summed E-state index contributed by atoms with van der Waals surface area (Å²) < 4.78 is 32.7. The molecular weight excluding hydrogens is 318 g/mol. The molecule has 1 aliphatic rings. The Morgan fingerprint density at radius 1 is 1.30 bits per heavy atom. The Labute approximate surface area is 140 Å². The van der Waals surface area contributed by atoms with Crippen LogP contribution in [-0.4, -0.2) is 50.5 Å². The van der Waals surface area contributed by atoms with Gasteiger partial charge in [0.05, 0.1) is 12.9 Å². The number of carbonyl (C=O) groups excluding carboxylic acids is 1. The van der Waals surface area contributed by atoms with Crippen LogP contribution in [0.25, 0.3) is 0 Å². The maximum atomic E-state index is 12.4. The minimum Gasteiger partial charge on any atom is -0.444 e. The summed E-state index contributed by atoms with van der Waals surface area (Å²) in [5, 5.41) is 0. The van der Waals surface area contributed by atoms with Crippen molar-refractivity contribution in [1.29, 1.82) is 0 Å². The molecule has 0 saturated carbocycles. The zero-order valence-corrected chi connectivity index (χ0v) is 15.8. The molecule has 1 heterocycles. The fraction of sp³-hybridized carbons (Fsp3) is 0.938. The van der Waals surface area contributed by atoms with E-state index in [4.69, 9.17) is 8.92 Å². The average molecular weight is 349 g/mol. The van der Waals surface area contributed by atoms with Crippen molar-refractivity contribution in [2.75, 3.05) is 19.4 Å². The van der Waals surface area contributed by atoms with Crippen LogP contribution in [-0.2, 0) is 19.0 Å². The second-order valence-electron chi connectivity index (χ2n) is 7.35. The van der Waals surface area contributed by atoms with E-state index in [-0.39, 0.29) is 24.7 Å². The first-order chi connectivity index (χ1) is 10.5. The molecule has 1 fully saturated rings. The van der Waals surface area contributed by atoms with Crippen molar-refractivity contribution in [3.8, 4) is 0 Å². The number of hydrogen-bond acceptors (Lipinski definition) is 5. The largest absolute Gasteiger partial charge is 0.444 e. The number of ether oxygens (including phenoxy) is 1. The Bertz CT molecular complexity index is 483. The molecule has 1 amide bonds. The lowest BCUT2D eigenvalue weighted by Crippen LogP contribution is -2.48. The third-order valence-electron chi connectivity index (χ3n) is 3.86. The summed E-state index contributed by atoms with van der Waals surface area (Å²) in [5.41, 5.74) is -0.511. The molecular formula is C16H31NO5S. The molecule has 6 nitrogen and oxygen atoms in total. The first-order valence-corrected chi connectivity index (χ1v) is 10.2. The van der Waals surface area contributed by atoms with Gasteiger partial charge in [0.25, 0.3) is 10.1 Å². The molecule has 2 unspecified atom stereocenters. The summed E-state index contributed by atoms with van der Waals surface area (Å²) in [7, 11) is -3.42. The standard InChI is InChI=1S/C16H31NO5S/c1-6-7-8-14-11-13(12-21-23(5,19)20)9-10-17(14)15(18)22-16(2,3)4/h13-14H,6-12H2,1-5H3. The Balaban J connectivity index is 2.68. The Kier molecular flexibility index (Phi) is 7.32. The quantitative estimate of drug-likeness (QED) is 0.689. The highest BCUT2D eigenvalue weighted by molar-refractivity contribution is 7.85. The molecule has 136 valence electrons. The molecule has 0 aromatic carbocycles. The van der Waals surface area contributed by atoms with Crippen molar-refractivity contribution >= 4 is 16.2 Å². The molecule has 0 aliphatic carbocycles. The smallest absolute Gasteiger partial charge is 0.410 e. The third kappa shape index (κ3) is 8.01. The van der Waals surface area contributed by atoms with Gasteiger partial charge >= 0.3 is 6.09 Å². The van der Waals surface area contributed by atoms with E-state index in [0.717, 1.165) is 38.4 Å². The van der Waals surface area contributed by atoms with E-state index in [1.165, 1.54) is 0 Å². The number of piperidine rings is 1. The molecule has 0 spiro atoms. The fourth-order valence-corrected chi connectivity index (χ4v) is 3.22. The minimum atomic E-state index is -3.42. The number of likely N-dealkylation sites (tertiary alicyclic amines) is 1. The van der Waals surface area contributed by atoms with Gasteiger partial charge in [-0.15, -0.1) is 0 Å². The lowest BCUT2D eigenvalue weighted by molar-refractivity contribution is 0.000288. The molecule has 2 atom stereocenters. The van der Waals surface area contributed by atoms with Gasteiger partial charge in [-0.3, -0.25) is 4.18 Å². The van der Waals surface area contributed by atoms with E-state index in [0.29, 0.717) is 6.54 Å². The lowest BCUT2D eigenvalue weighted by atomic mass is 9.89. The van der Waals surface area contributed by atoms with Crippen LogP contribution in [0.4, 0.5) is 4.79 Å². The van der Waals surface area contributed by atoms with Gasteiger partial charge in [0.1, 0.15) is 5.60 Å². The number of nitrogens with zero attached hydrogens (tertiary/aromatic N) is 1. The zero-order valence-electron chi connectivity index (χ0n) is 15.0. The molecule has 7 heteroatoms. The van der Waals surface area contributed by atoms with Crippen LogP contribution in [0.2, 0.25) is 0 Å². The second-order valence-corrected chi connectivity index (χ2v) is 8.99. The highest BCUT2D eigenvalue weighted by Crippen LogP contribution is 2.28. The molecule has 0 bridgehead atoms. The van der Waals surface area contributed by atoms with Crippen molar-refractivity contribution in [3.63, 3.8) is 0 Å². The van der Waals surface area contributed by atoms with E-state index < -0.39 is 15.7 Å². The summed E-state index contributed by atoms with van der Waals surface area (Å²) in [6.07, 6.45) is 5.28. The van der Waals surface area contributed by atoms with Crippen molar-refractivity contribution in [1.82, 2.24) is 4.90 Å². The van der Waals surface area contributed by atoms with Crippen LogP contribution >= 0.6 is 0 Å². The Morgan fingerprint density at radius 2 is 1.96 bits per heavy atom. The maximum Gasteiger partial charge on any atom is 0.410 e. The van der Waals surface area contributed by atoms with E-state index in [1.54, 1.807) is 4.90 Å². The number of carbonyl (C=O) groups is 1. The van der Waals surface area contributed by atoms with Crippen molar-refractivity contribution < 1.29 is 22.1 Å². The predicted octanol–water partition coefficient (Wildman–Crippen LogP) is 3.17. The van der Waals surface area contributed by atoms with Gasteiger partial charge in [0.2, 0.25) is 0 Å². The Morgan fingerprint density at radius 3 is 2.48 bits per heavy atom. The molecule has 1 rings (SSSR count). The van der Waals surface area contributed by atoms with E-state index >= 15 is 0 Å². The van der Waals surface area contributed by atoms with Gasteiger partial charge in [0, 0.05) is 12.6 Å². The minimum absolute atomic E-state index is 0.0895. The first kappa shape index (κ1) is 20.2. The summed E-state index contributed by atoms with van der Waals surface area (Å²) in [6.45, 7) is 8.48. The predicted molar refractivity (Wildman–Crippen MR) is 89.8 cm³/mol. The molecule has 0 aromatic rings. The molecule has 23 heavy (non-hydrogen) atoms. The van der Waals surface area contributed by atoms with Crippen LogP contribution in [0.15, 0.2) is 0 Å².